The molecule has 0 N–H and O–H groups in total. The molecule has 0 amide bonds. The van der Waals surface area contributed by atoms with E-state index in [2.05, 4.69) is 0 Å². The Morgan fingerprint density at radius 1 is 0.970 bits per heavy atom. The van der Waals surface area contributed by atoms with Crippen molar-refractivity contribution in [1.29, 1.82) is 0 Å². The molecule has 176 valence electrons. The quantitative estimate of drug-likeness (QED) is 0.449. The maximum atomic E-state index is 13.0. The van der Waals surface area contributed by atoms with Crippen molar-refractivity contribution in [2.24, 2.45) is 0 Å². The molecule has 8 heteroatoms. The van der Waals surface area contributed by atoms with Crippen LogP contribution in [-0.2, 0) is 9.53 Å². The van der Waals surface area contributed by atoms with Crippen LogP contribution in [0.1, 0.15) is 42.3 Å². The first-order chi connectivity index (χ1) is 15.6. The van der Waals surface area contributed by atoms with Gasteiger partial charge in [0.25, 0.3) is 0 Å². The fourth-order valence-electron chi connectivity index (χ4n) is 3.41. The van der Waals surface area contributed by atoms with Crippen molar-refractivity contribution in [3.63, 3.8) is 0 Å². The number of ether oxygens (including phenoxy) is 6. The van der Waals surface area contributed by atoms with Crippen LogP contribution in [0.15, 0.2) is 30.0 Å². The van der Waals surface area contributed by atoms with Gasteiger partial charge in [-0.05, 0) is 58.0 Å². The minimum absolute atomic E-state index is 0.128. The van der Waals surface area contributed by atoms with E-state index in [1.165, 1.54) is 21.3 Å². The van der Waals surface area contributed by atoms with Gasteiger partial charge in [-0.1, -0.05) is 0 Å². The molecule has 0 bridgehead atoms. The Labute approximate surface area is 193 Å². The summed E-state index contributed by atoms with van der Waals surface area (Å²) in [5.41, 5.74) is 0.994. The Hall–Kier alpha value is -3.68. The molecule has 0 radical (unpaired) electrons. The number of hydrogen-bond acceptors (Lipinski definition) is 8. The molecule has 0 spiro atoms. The van der Waals surface area contributed by atoms with Gasteiger partial charge in [-0.2, -0.15) is 0 Å². The molecule has 0 saturated carbocycles. The first-order valence-corrected chi connectivity index (χ1v) is 10.3. The highest BCUT2D eigenvalue weighted by Crippen LogP contribution is 2.43. The predicted molar refractivity (Wildman–Crippen MR) is 122 cm³/mol. The van der Waals surface area contributed by atoms with Gasteiger partial charge in [0.1, 0.15) is 17.1 Å². The summed E-state index contributed by atoms with van der Waals surface area (Å²) in [6, 6.07) is 6.71. The normalized spacial score (nSPS) is 13.9. The molecular weight excluding hydrogens is 428 g/mol. The number of carbonyl (C=O) groups is 2. The van der Waals surface area contributed by atoms with Crippen molar-refractivity contribution < 1.29 is 38.0 Å². The Balaban J connectivity index is 1.87. The van der Waals surface area contributed by atoms with E-state index < -0.39 is 11.6 Å². The van der Waals surface area contributed by atoms with Crippen LogP contribution in [0.3, 0.4) is 0 Å². The van der Waals surface area contributed by atoms with Gasteiger partial charge in [-0.25, -0.2) is 4.79 Å². The third-order valence-electron chi connectivity index (χ3n) is 4.82. The summed E-state index contributed by atoms with van der Waals surface area (Å²) in [7, 11) is 4.54. The summed E-state index contributed by atoms with van der Waals surface area (Å²) >= 11 is 0. The van der Waals surface area contributed by atoms with Crippen LogP contribution >= 0.6 is 0 Å². The highest BCUT2D eigenvalue weighted by molar-refractivity contribution is 6.15. The molecule has 0 fully saturated rings. The lowest BCUT2D eigenvalue weighted by atomic mass is 10.1. The topological polar surface area (TPSA) is 89.5 Å². The zero-order chi connectivity index (χ0) is 24.3. The third-order valence-corrected chi connectivity index (χ3v) is 4.82. The number of fused-ring (bicyclic) bond motifs is 1. The molecule has 3 rings (SSSR count). The summed E-state index contributed by atoms with van der Waals surface area (Å²) in [4.78, 5) is 24.9. The molecule has 1 aliphatic heterocycles. The molecule has 0 unspecified atom stereocenters. The molecule has 0 aliphatic carbocycles. The van der Waals surface area contributed by atoms with Gasteiger partial charge >= 0.3 is 5.97 Å². The molecular formula is C25H28O8. The van der Waals surface area contributed by atoms with E-state index in [0.29, 0.717) is 45.4 Å². The number of ketones is 1. The number of rotatable bonds is 7. The molecule has 0 aromatic heterocycles. The Kier molecular flexibility index (Phi) is 6.86. The second-order valence-electron chi connectivity index (χ2n) is 8.30. The molecule has 2 aromatic carbocycles. The SMILES string of the molecule is COc1ccc(/C=C2\Oc3c(ccc(OCC(=O)OC(C)(C)C)c3C)C2=O)c(OC)c1OC. The molecule has 1 aliphatic rings. The Morgan fingerprint density at radius 3 is 2.24 bits per heavy atom. The number of methoxy groups -OCH3 is 3. The lowest BCUT2D eigenvalue weighted by molar-refractivity contribution is -0.157. The smallest absolute Gasteiger partial charge is 0.344 e. The first kappa shape index (κ1) is 24.0. The minimum Gasteiger partial charge on any atom is -0.493 e. The van der Waals surface area contributed by atoms with Crippen LogP contribution in [0.5, 0.6) is 28.7 Å². The molecule has 8 nitrogen and oxygen atoms in total. The molecule has 1 heterocycles. The summed E-state index contributed by atoms with van der Waals surface area (Å²) in [6.07, 6.45) is 1.59. The van der Waals surface area contributed by atoms with Gasteiger partial charge in [0.2, 0.25) is 11.5 Å². The molecule has 0 atom stereocenters. The number of carbonyl (C=O) groups excluding carboxylic acids is 2. The van der Waals surface area contributed by atoms with Gasteiger partial charge in [0, 0.05) is 11.1 Å². The predicted octanol–water partition coefficient (Wildman–Crippen LogP) is 4.36. The fourth-order valence-corrected chi connectivity index (χ4v) is 3.41. The van der Waals surface area contributed by atoms with Crippen LogP contribution in [-0.4, -0.2) is 45.3 Å². The average molecular weight is 456 g/mol. The van der Waals surface area contributed by atoms with Gasteiger partial charge in [0.15, 0.2) is 23.9 Å². The van der Waals surface area contributed by atoms with Crippen molar-refractivity contribution >= 4 is 17.8 Å². The van der Waals surface area contributed by atoms with E-state index in [4.69, 9.17) is 28.4 Å². The van der Waals surface area contributed by atoms with E-state index in [-0.39, 0.29) is 18.1 Å². The summed E-state index contributed by atoms with van der Waals surface area (Å²) in [6.45, 7) is 6.86. The number of allylic oxidation sites excluding steroid dienone is 1. The summed E-state index contributed by atoms with van der Waals surface area (Å²) in [5.74, 6) is 1.50. The zero-order valence-corrected chi connectivity index (χ0v) is 19.9. The standard InChI is InChI=1S/C25H28O8/c1-14-17(31-13-20(26)33-25(2,3)4)11-9-16-21(27)19(32-22(14)16)12-15-8-10-18(28-5)24(30-7)23(15)29-6/h8-12H,13H2,1-7H3/b19-12-. The minimum atomic E-state index is -0.603. The molecule has 2 aromatic rings. The largest absolute Gasteiger partial charge is 0.493 e. The van der Waals surface area contributed by atoms with Gasteiger partial charge < -0.3 is 28.4 Å². The van der Waals surface area contributed by atoms with Crippen molar-refractivity contribution in [3.05, 3.63) is 46.7 Å². The first-order valence-electron chi connectivity index (χ1n) is 10.3. The van der Waals surface area contributed by atoms with E-state index >= 15 is 0 Å². The highest BCUT2D eigenvalue weighted by Gasteiger charge is 2.31. The van der Waals surface area contributed by atoms with Crippen molar-refractivity contribution in [3.8, 4) is 28.7 Å². The monoisotopic (exact) mass is 456 g/mol. The van der Waals surface area contributed by atoms with Crippen molar-refractivity contribution in [1.82, 2.24) is 0 Å². The lowest BCUT2D eigenvalue weighted by Gasteiger charge is -2.19. The highest BCUT2D eigenvalue weighted by atomic mass is 16.6. The van der Waals surface area contributed by atoms with Gasteiger partial charge in [-0.3, -0.25) is 4.79 Å². The van der Waals surface area contributed by atoms with Crippen molar-refractivity contribution in [2.75, 3.05) is 27.9 Å². The second kappa shape index (κ2) is 9.44. The second-order valence-corrected chi connectivity index (χ2v) is 8.30. The van der Waals surface area contributed by atoms with Crippen molar-refractivity contribution in [2.45, 2.75) is 33.3 Å². The van der Waals surface area contributed by atoms with Crippen LogP contribution in [0.4, 0.5) is 0 Å². The van der Waals surface area contributed by atoms with Crippen LogP contribution < -0.4 is 23.7 Å². The van der Waals surface area contributed by atoms with Crippen LogP contribution in [0.2, 0.25) is 0 Å². The maximum Gasteiger partial charge on any atom is 0.344 e. The lowest BCUT2D eigenvalue weighted by Crippen LogP contribution is -2.27. The Morgan fingerprint density at radius 2 is 1.64 bits per heavy atom. The number of benzene rings is 2. The number of Topliss-reactive ketones (excluding diaryl/α,β-unsaturated/α-hetero) is 1. The van der Waals surface area contributed by atoms with E-state index in [1.54, 1.807) is 58.0 Å². The van der Waals surface area contributed by atoms with Gasteiger partial charge in [-0.15, -0.1) is 0 Å². The Bertz CT molecular complexity index is 1110. The molecule has 0 saturated heterocycles. The van der Waals surface area contributed by atoms with Gasteiger partial charge in [0.05, 0.1) is 26.9 Å². The third kappa shape index (κ3) is 5.05. The fraction of sp³-hybridized carbons (Fsp3) is 0.360. The number of esters is 1. The van der Waals surface area contributed by atoms with Crippen LogP contribution in [0.25, 0.3) is 6.08 Å². The summed E-state index contributed by atoms with van der Waals surface area (Å²) < 4.78 is 33.0. The molecule has 33 heavy (non-hydrogen) atoms. The van der Waals surface area contributed by atoms with E-state index in [0.717, 1.165) is 0 Å². The van der Waals surface area contributed by atoms with E-state index in [9.17, 15) is 9.59 Å². The van der Waals surface area contributed by atoms with E-state index in [1.807, 2.05) is 0 Å². The average Bonchev–Trinajstić information content (AvgIpc) is 3.07. The summed E-state index contributed by atoms with van der Waals surface area (Å²) in [5, 5.41) is 0. The van der Waals surface area contributed by atoms with Crippen LogP contribution in [0, 0.1) is 6.92 Å². The number of hydrogen-bond donors (Lipinski definition) is 0. The maximum absolute atomic E-state index is 13.0. The zero-order valence-electron chi connectivity index (χ0n) is 19.9.